The summed E-state index contributed by atoms with van der Waals surface area (Å²) in [6.07, 6.45) is 0.633. The Labute approximate surface area is 137 Å². The number of hydrogen-bond acceptors (Lipinski definition) is 4. The Hall–Kier alpha value is -2.42. The average Bonchev–Trinajstić information content (AvgIpc) is 2.92. The predicted octanol–water partition coefficient (Wildman–Crippen LogP) is 1.87. The van der Waals surface area contributed by atoms with Crippen molar-refractivity contribution in [2.75, 3.05) is 20.6 Å². The maximum atomic E-state index is 13.0. The quantitative estimate of drug-likeness (QED) is 0.902. The van der Waals surface area contributed by atoms with Gasteiger partial charge in [0, 0.05) is 37.7 Å². The standard InChI is InChI=1S/C15H18F3N5O/c1-22(2)13(10-6-21-23(3)9-10)8-20-14(24)11-4-5-19-7-12(11)15(16,17)18/h4-7,9,13H,8H2,1-3H3,(H,20,24)/t13-/m0/s1. The van der Waals surface area contributed by atoms with Crippen LogP contribution in [0.2, 0.25) is 0 Å². The molecule has 0 unspecified atom stereocenters. The number of halogens is 3. The van der Waals surface area contributed by atoms with Crippen molar-refractivity contribution in [2.45, 2.75) is 12.2 Å². The highest BCUT2D eigenvalue weighted by Crippen LogP contribution is 2.31. The molecule has 2 heterocycles. The number of likely N-dealkylation sites (N-methyl/N-ethyl adjacent to an activating group) is 1. The molecule has 0 aliphatic heterocycles. The Kier molecular flexibility index (Phi) is 5.23. The van der Waals surface area contributed by atoms with Gasteiger partial charge < -0.3 is 10.2 Å². The molecule has 6 nitrogen and oxygen atoms in total. The molecule has 9 heteroatoms. The number of nitrogens with one attached hydrogen (secondary N) is 1. The van der Waals surface area contributed by atoms with Crippen molar-refractivity contribution in [3.63, 3.8) is 0 Å². The van der Waals surface area contributed by atoms with Gasteiger partial charge in [0.05, 0.1) is 23.4 Å². The minimum absolute atomic E-state index is 0.150. The summed E-state index contributed by atoms with van der Waals surface area (Å²) in [7, 11) is 5.40. The van der Waals surface area contributed by atoms with Crippen LogP contribution >= 0.6 is 0 Å². The Morgan fingerprint density at radius 2 is 2.08 bits per heavy atom. The van der Waals surface area contributed by atoms with Crippen LogP contribution in [-0.2, 0) is 13.2 Å². The number of hydrogen-bond donors (Lipinski definition) is 1. The highest BCUT2D eigenvalue weighted by Gasteiger charge is 2.35. The van der Waals surface area contributed by atoms with Gasteiger partial charge in [0.2, 0.25) is 0 Å². The van der Waals surface area contributed by atoms with Crippen LogP contribution in [0.4, 0.5) is 13.2 Å². The molecule has 2 rings (SSSR count). The zero-order valence-corrected chi connectivity index (χ0v) is 13.5. The third kappa shape index (κ3) is 4.10. The second-order valence-corrected chi connectivity index (χ2v) is 5.56. The van der Waals surface area contributed by atoms with Crippen molar-refractivity contribution < 1.29 is 18.0 Å². The first-order chi connectivity index (χ1) is 11.2. The molecule has 1 amide bonds. The number of carbonyl (C=O) groups is 1. The van der Waals surface area contributed by atoms with E-state index in [1.165, 1.54) is 0 Å². The van der Waals surface area contributed by atoms with Crippen molar-refractivity contribution in [1.82, 2.24) is 25.0 Å². The molecule has 0 spiro atoms. The fraction of sp³-hybridized carbons (Fsp3) is 0.400. The van der Waals surface area contributed by atoms with E-state index in [0.29, 0.717) is 6.20 Å². The summed E-state index contributed by atoms with van der Waals surface area (Å²) in [5.74, 6) is -0.791. The van der Waals surface area contributed by atoms with Crippen molar-refractivity contribution in [2.24, 2.45) is 7.05 Å². The lowest BCUT2D eigenvalue weighted by Gasteiger charge is -2.23. The minimum atomic E-state index is -4.63. The minimum Gasteiger partial charge on any atom is -0.350 e. The van der Waals surface area contributed by atoms with Gasteiger partial charge >= 0.3 is 6.18 Å². The molecule has 0 bridgehead atoms. The van der Waals surface area contributed by atoms with Crippen molar-refractivity contribution in [1.29, 1.82) is 0 Å². The second kappa shape index (κ2) is 7.00. The number of pyridine rings is 1. The van der Waals surface area contributed by atoms with Gasteiger partial charge in [-0.15, -0.1) is 0 Å². The number of carbonyl (C=O) groups excluding carboxylic acids is 1. The zero-order chi connectivity index (χ0) is 17.9. The molecule has 24 heavy (non-hydrogen) atoms. The van der Waals surface area contributed by atoms with Gasteiger partial charge in [-0.25, -0.2) is 0 Å². The van der Waals surface area contributed by atoms with E-state index in [0.717, 1.165) is 17.8 Å². The van der Waals surface area contributed by atoms with E-state index in [9.17, 15) is 18.0 Å². The molecule has 0 aromatic carbocycles. The van der Waals surface area contributed by atoms with Crippen LogP contribution < -0.4 is 5.32 Å². The lowest BCUT2D eigenvalue weighted by atomic mass is 10.1. The maximum Gasteiger partial charge on any atom is 0.418 e. The molecule has 0 radical (unpaired) electrons. The number of amides is 1. The fourth-order valence-electron chi connectivity index (χ4n) is 2.31. The summed E-state index contributed by atoms with van der Waals surface area (Å²) in [5, 5.41) is 6.63. The zero-order valence-electron chi connectivity index (χ0n) is 13.5. The highest BCUT2D eigenvalue weighted by atomic mass is 19.4. The van der Waals surface area contributed by atoms with Gasteiger partial charge in [-0.1, -0.05) is 0 Å². The molecule has 0 saturated carbocycles. The maximum absolute atomic E-state index is 13.0. The smallest absolute Gasteiger partial charge is 0.350 e. The molecule has 0 aliphatic carbocycles. The molecular weight excluding hydrogens is 323 g/mol. The predicted molar refractivity (Wildman–Crippen MR) is 81.2 cm³/mol. The number of nitrogens with zero attached hydrogens (tertiary/aromatic N) is 4. The third-order valence-corrected chi connectivity index (χ3v) is 3.56. The molecule has 2 aromatic heterocycles. The molecule has 1 atom stereocenters. The van der Waals surface area contributed by atoms with Gasteiger partial charge in [0.15, 0.2) is 0 Å². The largest absolute Gasteiger partial charge is 0.418 e. The summed E-state index contributed by atoms with van der Waals surface area (Å²) in [6, 6.07) is 0.853. The third-order valence-electron chi connectivity index (χ3n) is 3.56. The van der Waals surface area contributed by atoms with Crippen LogP contribution in [0, 0.1) is 0 Å². The van der Waals surface area contributed by atoms with Gasteiger partial charge in [0.1, 0.15) is 0 Å². The fourth-order valence-corrected chi connectivity index (χ4v) is 2.31. The number of aromatic nitrogens is 3. The van der Waals surface area contributed by atoms with E-state index in [1.54, 1.807) is 24.1 Å². The normalized spacial score (nSPS) is 13.1. The lowest BCUT2D eigenvalue weighted by molar-refractivity contribution is -0.138. The molecular formula is C15H18F3N5O. The van der Waals surface area contributed by atoms with E-state index in [4.69, 9.17) is 0 Å². The monoisotopic (exact) mass is 341 g/mol. The second-order valence-electron chi connectivity index (χ2n) is 5.56. The van der Waals surface area contributed by atoms with Gasteiger partial charge in [-0.2, -0.15) is 18.3 Å². The van der Waals surface area contributed by atoms with Crippen LogP contribution in [-0.4, -0.2) is 46.2 Å². The number of alkyl halides is 3. The first-order valence-electron chi connectivity index (χ1n) is 7.14. The molecule has 1 N–H and O–H groups in total. The molecule has 130 valence electrons. The summed E-state index contributed by atoms with van der Waals surface area (Å²) in [6.45, 7) is 0.150. The Bertz CT molecular complexity index is 711. The van der Waals surface area contributed by atoms with Crippen molar-refractivity contribution >= 4 is 5.91 Å². The van der Waals surface area contributed by atoms with Crippen molar-refractivity contribution in [3.8, 4) is 0 Å². The SMILES string of the molecule is CN(C)[C@@H](CNC(=O)c1ccncc1C(F)(F)F)c1cnn(C)c1. The van der Waals surface area contributed by atoms with Gasteiger partial charge in [0.25, 0.3) is 5.91 Å². The molecule has 2 aromatic rings. The Balaban J connectivity index is 2.15. The van der Waals surface area contributed by atoms with Gasteiger partial charge in [-0.3, -0.25) is 14.5 Å². The highest BCUT2D eigenvalue weighted by molar-refractivity contribution is 5.95. The van der Waals surface area contributed by atoms with E-state index < -0.39 is 23.2 Å². The lowest BCUT2D eigenvalue weighted by Crippen LogP contribution is -2.35. The summed E-state index contributed by atoms with van der Waals surface area (Å²) >= 11 is 0. The van der Waals surface area contributed by atoms with Gasteiger partial charge in [-0.05, 0) is 20.2 Å². The van der Waals surface area contributed by atoms with E-state index in [-0.39, 0.29) is 12.6 Å². The molecule has 0 fully saturated rings. The summed E-state index contributed by atoms with van der Waals surface area (Å²) in [5.41, 5.74) is -0.639. The van der Waals surface area contributed by atoms with Crippen LogP contribution in [0.25, 0.3) is 0 Å². The first-order valence-corrected chi connectivity index (χ1v) is 7.14. The van der Waals surface area contributed by atoms with Crippen LogP contribution in [0.3, 0.4) is 0 Å². The molecule has 0 saturated heterocycles. The number of rotatable bonds is 5. The Morgan fingerprint density at radius 3 is 2.62 bits per heavy atom. The molecule has 0 aliphatic rings. The Morgan fingerprint density at radius 1 is 1.38 bits per heavy atom. The topological polar surface area (TPSA) is 63.1 Å². The van der Waals surface area contributed by atoms with E-state index in [2.05, 4.69) is 15.4 Å². The first kappa shape index (κ1) is 17.9. The summed E-state index contributed by atoms with van der Waals surface area (Å²) in [4.78, 5) is 17.5. The number of aryl methyl sites for hydroxylation is 1. The van der Waals surface area contributed by atoms with Crippen LogP contribution in [0.15, 0.2) is 30.9 Å². The summed E-state index contributed by atoms with van der Waals surface area (Å²) < 4.78 is 40.5. The van der Waals surface area contributed by atoms with Crippen molar-refractivity contribution in [3.05, 3.63) is 47.5 Å². The van der Waals surface area contributed by atoms with Crippen LogP contribution in [0.1, 0.15) is 27.5 Å². The van der Waals surface area contributed by atoms with E-state index in [1.807, 2.05) is 19.0 Å². The van der Waals surface area contributed by atoms with Crippen LogP contribution in [0.5, 0.6) is 0 Å². The average molecular weight is 341 g/mol. The van der Waals surface area contributed by atoms with E-state index >= 15 is 0 Å².